The molecular formula is C15H16BrNO3S. The molecule has 0 radical (unpaired) electrons. The van der Waals surface area contributed by atoms with E-state index in [1.807, 2.05) is 31.2 Å². The van der Waals surface area contributed by atoms with Crippen LogP contribution in [0.1, 0.15) is 16.5 Å². The van der Waals surface area contributed by atoms with Crippen molar-refractivity contribution in [1.29, 1.82) is 0 Å². The van der Waals surface area contributed by atoms with Crippen molar-refractivity contribution in [1.82, 2.24) is 4.98 Å². The number of ether oxygens (including phenoxy) is 2. The molecule has 0 saturated heterocycles. The molecule has 1 atom stereocenters. The molecule has 21 heavy (non-hydrogen) atoms. The molecule has 1 unspecified atom stereocenters. The first kappa shape index (κ1) is 16.3. The van der Waals surface area contributed by atoms with Crippen molar-refractivity contribution < 1.29 is 14.3 Å². The highest BCUT2D eigenvalue weighted by molar-refractivity contribution is 9.10. The number of benzene rings is 1. The fourth-order valence-corrected chi connectivity index (χ4v) is 3.51. The fourth-order valence-electron chi connectivity index (χ4n) is 1.95. The minimum atomic E-state index is -0.519. The number of pyridine rings is 1. The van der Waals surface area contributed by atoms with E-state index in [4.69, 9.17) is 9.47 Å². The van der Waals surface area contributed by atoms with Crippen LogP contribution in [0.3, 0.4) is 0 Å². The van der Waals surface area contributed by atoms with Crippen molar-refractivity contribution in [3.05, 3.63) is 40.0 Å². The average molecular weight is 370 g/mol. The Balaban J connectivity index is 2.50. The summed E-state index contributed by atoms with van der Waals surface area (Å²) in [6.45, 7) is 2.01. The first-order chi connectivity index (χ1) is 10.1. The Morgan fingerprint density at radius 1 is 1.38 bits per heavy atom. The van der Waals surface area contributed by atoms with Crippen molar-refractivity contribution in [3.8, 4) is 0 Å². The Bertz CT molecular complexity index is 663. The van der Waals surface area contributed by atoms with E-state index in [0.29, 0.717) is 11.6 Å². The molecule has 0 aliphatic heterocycles. The number of thioether (sulfide) groups is 1. The van der Waals surface area contributed by atoms with Gasteiger partial charge in [0.25, 0.3) is 0 Å². The van der Waals surface area contributed by atoms with E-state index in [1.165, 1.54) is 18.9 Å². The highest BCUT2D eigenvalue weighted by Crippen LogP contribution is 2.35. The van der Waals surface area contributed by atoms with Crippen LogP contribution in [0.25, 0.3) is 10.9 Å². The fraction of sp³-hybridized carbons (Fsp3) is 0.333. The first-order valence-corrected chi connectivity index (χ1v) is 8.16. The minimum absolute atomic E-state index is 0.336. The predicted molar refractivity (Wildman–Crippen MR) is 88.4 cm³/mol. The van der Waals surface area contributed by atoms with Gasteiger partial charge in [-0.15, -0.1) is 11.8 Å². The Kier molecular flexibility index (Phi) is 5.61. The molecule has 1 aromatic carbocycles. The largest absolute Gasteiger partial charge is 0.468 e. The summed E-state index contributed by atoms with van der Waals surface area (Å²) >= 11 is 4.85. The zero-order chi connectivity index (χ0) is 15.4. The zero-order valence-corrected chi connectivity index (χ0v) is 14.5. The van der Waals surface area contributed by atoms with Gasteiger partial charge in [-0.25, -0.2) is 4.98 Å². The number of carbonyl (C=O) groups excluding carboxylic acids is 1. The molecule has 0 spiro atoms. The van der Waals surface area contributed by atoms with Gasteiger partial charge in [0.15, 0.2) is 0 Å². The van der Waals surface area contributed by atoms with Gasteiger partial charge in [-0.3, -0.25) is 4.79 Å². The lowest BCUT2D eigenvalue weighted by molar-refractivity contribution is -0.140. The van der Waals surface area contributed by atoms with E-state index in [1.54, 1.807) is 7.11 Å². The summed E-state index contributed by atoms with van der Waals surface area (Å²) < 4.78 is 10.7. The van der Waals surface area contributed by atoms with Crippen molar-refractivity contribution in [2.45, 2.75) is 12.2 Å². The van der Waals surface area contributed by atoms with Crippen LogP contribution in [0.2, 0.25) is 0 Å². The van der Waals surface area contributed by atoms with Gasteiger partial charge in [0.1, 0.15) is 5.25 Å². The Morgan fingerprint density at radius 3 is 2.81 bits per heavy atom. The lowest BCUT2D eigenvalue weighted by Crippen LogP contribution is -2.14. The number of carbonyl (C=O) groups is 1. The van der Waals surface area contributed by atoms with Gasteiger partial charge in [0, 0.05) is 17.0 Å². The quantitative estimate of drug-likeness (QED) is 0.591. The van der Waals surface area contributed by atoms with Crippen LogP contribution in [0.4, 0.5) is 0 Å². The molecule has 4 nitrogen and oxygen atoms in total. The zero-order valence-electron chi connectivity index (χ0n) is 12.1. The van der Waals surface area contributed by atoms with Gasteiger partial charge in [-0.2, -0.15) is 0 Å². The number of rotatable bonds is 5. The number of fused-ring (bicyclic) bond motifs is 1. The molecule has 1 heterocycles. The number of esters is 1. The summed E-state index contributed by atoms with van der Waals surface area (Å²) in [4.78, 5) is 16.6. The number of hydrogen-bond acceptors (Lipinski definition) is 5. The average Bonchev–Trinajstić information content (AvgIpc) is 2.48. The van der Waals surface area contributed by atoms with Crippen LogP contribution in [0.15, 0.2) is 28.7 Å². The molecule has 0 aliphatic rings. The summed E-state index contributed by atoms with van der Waals surface area (Å²) in [7, 11) is 2.97. The second kappa shape index (κ2) is 7.24. The van der Waals surface area contributed by atoms with Crippen molar-refractivity contribution in [2.24, 2.45) is 0 Å². The van der Waals surface area contributed by atoms with Gasteiger partial charge in [-0.05, 0) is 40.5 Å². The standard InChI is InChI=1S/C15H16BrNO3S/c1-9-4-5-10-7-11(16)13(17-12(10)6-9)14(15(18)20-3)21-8-19-2/h4-7,14H,8H2,1-3H3. The number of nitrogens with zero attached hydrogens (tertiary/aromatic N) is 1. The Hall–Kier alpha value is -1.11. The van der Waals surface area contributed by atoms with E-state index in [-0.39, 0.29) is 5.97 Å². The molecule has 2 rings (SSSR count). The topological polar surface area (TPSA) is 48.4 Å². The predicted octanol–water partition coefficient (Wildman–Crippen LogP) is 3.86. The number of aromatic nitrogens is 1. The highest BCUT2D eigenvalue weighted by Gasteiger charge is 2.26. The lowest BCUT2D eigenvalue weighted by atomic mass is 10.1. The van der Waals surface area contributed by atoms with Crippen LogP contribution in [0, 0.1) is 6.92 Å². The van der Waals surface area contributed by atoms with Crippen LogP contribution >= 0.6 is 27.7 Å². The molecule has 0 aliphatic carbocycles. The smallest absolute Gasteiger partial charge is 0.325 e. The molecule has 112 valence electrons. The van der Waals surface area contributed by atoms with Crippen LogP contribution in [-0.2, 0) is 14.3 Å². The SMILES string of the molecule is COCSC(C(=O)OC)c1nc2cc(C)ccc2cc1Br. The molecule has 1 aromatic heterocycles. The summed E-state index contributed by atoms with van der Waals surface area (Å²) in [5, 5.41) is 0.505. The van der Waals surface area contributed by atoms with E-state index >= 15 is 0 Å². The van der Waals surface area contributed by atoms with Gasteiger partial charge in [-0.1, -0.05) is 12.1 Å². The van der Waals surface area contributed by atoms with Crippen molar-refractivity contribution in [2.75, 3.05) is 20.2 Å². The summed E-state index contributed by atoms with van der Waals surface area (Å²) in [5.74, 6) is 0.0528. The van der Waals surface area contributed by atoms with Crippen molar-refractivity contribution in [3.63, 3.8) is 0 Å². The minimum Gasteiger partial charge on any atom is -0.468 e. The second-order valence-electron chi connectivity index (χ2n) is 4.53. The number of hydrogen-bond donors (Lipinski definition) is 0. The molecule has 0 saturated carbocycles. The van der Waals surface area contributed by atoms with E-state index in [9.17, 15) is 4.79 Å². The van der Waals surface area contributed by atoms with E-state index in [2.05, 4.69) is 20.9 Å². The number of methoxy groups -OCH3 is 2. The van der Waals surface area contributed by atoms with Crippen LogP contribution < -0.4 is 0 Å². The Morgan fingerprint density at radius 2 is 2.14 bits per heavy atom. The third kappa shape index (κ3) is 3.75. The first-order valence-electron chi connectivity index (χ1n) is 6.32. The normalized spacial score (nSPS) is 12.4. The number of halogens is 1. The molecule has 0 amide bonds. The Labute approximate surface area is 136 Å². The van der Waals surface area contributed by atoms with Crippen molar-refractivity contribution >= 4 is 44.6 Å². The molecule has 2 aromatic rings. The van der Waals surface area contributed by atoms with E-state index in [0.717, 1.165) is 20.9 Å². The highest BCUT2D eigenvalue weighted by atomic mass is 79.9. The second-order valence-corrected chi connectivity index (χ2v) is 6.42. The van der Waals surface area contributed by atoms with Crippen LogP contribution in [0.5, 0.6) is 0 Å². The maximum absolute atomic E-state index is 12.0. The summed E-state index contributed by atoms with van der Waals surface area (Å²) in [5.41, 5.74) is 2.64. The van der Waals surface area contributed by atoms with E-state index < -0.39 is 5.25 Å². The van der Waals surface area contributed by atoms with Gasteiger partial charge in [0.05, 0.1) is 24.3 Å². The molecule has 0 bridgehead atoms. The third-order valence-electron chi connectivity index (χ3n) is 2.97. The molecular weight excluding hydrogens is 354 g/mol. The van der Waals surface area contributed by atoms with Crippen LogP contribution in [-0.4, -0.2) is 31.1 Å². The lowest BCUT2D eigenvalue weighted by Gasteiger charge is -2.15. The molecule has 0 fully saturated rings. The third-order valence-corrected chi connectivity index (χ3v) is 4.73. The monoisotopic (exact) mass is 369 g/mol. The molecule has 0 N–H and O–H groups in total. The maximum atomic E-state index is 12.0. The number of aryl methyl sites for hydroxylation is 1. The maximum Gasteiger partial charge on any atom is 0.325 e. The van der Waals surface area contributed by atoms with Gasteiger partial charge in [0.2, 0.25) is 0 Å². The molecule has 6 heteroatoms. The van der Waals surface area contributed by atoms with Gasteiger partial charge < -0.3 is 9.47 Å². The summed E-state index contributed by atoms with van der Waals surface area (Å²) in [6, 6.07) is 8.02. The van der Waals surface area contributed by atoms with Gasteiger partial charge >= 0.3 is 5.97 Å². The summed E-state index contributed by atoms with van der Waals surface area (Å²) in [6.07, 6.45) is 0.